The van der Waals surface area contributed by atoms with Crippen LogP contribution in [-0.2, 0) is 0 Å². The van der Waals surface area contributed by atoms with E-state index in [0.717, 1.165) is 0 Å². The first kappa shape index (κ1) is 12.1. The van der Waals surface area contributed by atoms with E-state index in [9.17, 15) is 0 Å². The van der Waals surface area contributed by atoms with Crippen LogP contribution in [0.1, 0.15) is 54.5 Å². The Kier molecular flexibility index (Phi) is 3.41. The van der Waals surface area contributed by atoms with Gasteiger partial charge in [-0.25, -0.2) is 0 Å². The zero-order chi connectivity index (χ0) is 11.8. The molecule has 0 aliphatic heterocycles. The van der Waals surface area contributed by atoms with E-state index in [4.69, 9.17) is 0 Å². The third-order valence-corrected chi connectivity index (χ3v) is 5.02. The maximum Gasteiger partial charge on any atom is 0.0303 e. The van der Waals surface area contributed by atoms with Gasteiger partial charge < -0.3 is 5.32 Å². The monoisotopic (exact) mass is 237 g/mol. The Bertz CT molecular complexity index is 363. The normalized spacial score (nSPS) is 19.8. The van der Waals surface area contributed by atoms with E-state index < -0.39 is 0 Å². The highest BCUT2D eigenvalue weighted by molar-refractivity contribution is 7.12. The third-order valence-electron chi connectivity index (χ3n) is 4.04. The predicted molar refractivity (Wildman–Crippen MR) is 72.2 cm³/mol. The van der Waals surface area contributed by atoms with Gasteiger partial charge in [-0.1, -0.05) is 6.92 Å². The largest absolute Gasteiger partial charge is 0.310 e. The molecule has 1 aromatic rings. The highest BCUT2D eigenvalue weighted by atomic mass is 32.1. The molecule has 1 heterocycles. The molecule has 1 unspecified atom stereocenters. The summed E-state index contributed by atoms with van der Waals surface area (Å²) in [5.41, 5.74) is 2.14. The van der Waals surface area contributed by atoms with Gasteiger partial charge in [-0.3, -0.25) is 0 Å². The van der Waals surface area contributed by atoms with Gasteiger partial charge in [0.1, 0.15) is 0 Å². The van der Waals surface area contributed by atoms with Gasteiger partial charge in [-0.15, -0.1) is 11.3 Å². The number of hydrogen-bond acceptors (Lipinski definition) is 2. The Morgan fingerprint density at radius 3 is 2.56 bits per heavy atom. The summed E-state index contributed by atoms with van der Waals surface area (Å²) in [5.74, 6) is 0. The van der Waals surface area contributed by atoms with Crippen LogP contribution in [0.25, 0.3) is 0 Å². The van der Waals surface area contributed by atoms with E-state index in [1.54, 1.807) is 0 Å². The molecule has 1 fully saturated rings. The van der Waals surface area contributed by atoms with Crippen molar-refractivity contribution >= 4 is 11.3 Å². The van der Waals surface area contributed by atoms with E-state index in [-0.39, 0.29) is 0 Å². The van der Waals surface area contributed by atoms with E-state index in [0.29, 0.717) is 11.5 Å². The van der Waals surface area contributed by atoms with Gasteiger partial charge in [0.25, 0.3) is 0 Å². The van der Waals surface area contributed by atoms with Gasteiger partial charge in [-0.2, -0.15) is 0 Å². The molecular weight excluding hydrogens is 214 g/mol. The lowest BCUT2D eigenvalue weighted by Crippen LogP contribution is -2.26. The standard InChI is InChI=1S/C14H23NS/c1-5-14(6-7-14)9-15-11(3)13-8-10(2)16-12(13)4/h8,11,15H,5-7,9H2,1-4H3. The molecule has 1 aromatic heterocycles. The van der Waals surface area contributed by atoms with Crippen molar-refractivity contribution in [3.05, 3.63) is 21.4 Å². The van der Waals surface area contributed by atoms with Crippen LogP contribution in [0.3, 0.4) is 0 Å². The van der Waals surface area contributed by atoms with Crippen LogP contribution in [0.4, 0.5) is 0 Å². The average molecular weight is 237 g/mol. The summed E-state index contributed by atoms with van der Waals surface area (Å²) in [6, 6.07) is 2.84. The quantitative estimate of drug-likeness (QED) is 0.809. The van der Waals surface area contributed by atoms with Crippen LogP contribution >= 0.6 is 11.3 Å². The molecule has 90 valence electrons. The smallest absolute Gasteiger partial charge is 0.0303 e. The van der Waals surface area contributed by atoms with Crippen molar-refractivity contribution in [2.24, 2.45) is 5.41 Å². The Balaban J connectivity index is 1.93. The van der Waals surface area contributed by atoms with Crippen molar-refractivity contribution in [2.45, 2.75) is 53.0 Å². The van der Waals surface area contributed by atoms with Crippen molar-refractivity contribution in [3.8, 4) is 0 Å². The summed E-state index contributed by atoms with van der Waals surface area (Å²) >= 11 is 1.91. The maximum absolute atomic E-state index is 3.71. The molecule has 1 aliphatic rings. The number of hydrogen-bond donors (Lipinski definition) is 1. The fraction of sp³-hybridized carbons (Fsp3) is 0.714. The average Bonchev–Trinajstić information content (AvgIpc) is 2.96. The van der Waals surface area contributed by atoms with Crippen LogP contribution in [0, 0.1) is 19.3 Å². The van der Waals surface area contributed by atoms with Crippen molar-refractivity contribution < 1.29 is 0 Å². The van der Waals surface area contributed by atoms with Gasteiger partial charge in [0, 0.05) is 22.3 Å². The van der Waals surface area contributed by atoms with Gasteiger partial charge in [0.05, 0.1) is 0 Å². The van der Waals surface area contributed by atoms with E-state index in [1.165, 1.54) is 41.1 Å². The topological polar surface area (TPSA) is 12.0 Å². The summed E-state index contributed by atoms with van der Waals surface area (Å²) in [6.45, 7) is 10.2. The van der Waals surface area contributed by atoms with E-state index in [2.05, 4.69) is 39.1 Å². The van der Waals surface area contributed by atoms with Gasteiger partial charge in [0.2, 0.25) is 0 Å². The number of nitrogens with one attached hydrogen (secondary N) is 1. The Labute approximate surface area is 103 Å². The third kappa shape index (κ3) is 2.49. The number of aryl methyl sites for hydroxylation is 2. The van der Waals surface area contributed by atoms with Crippen molar-refractivity contribution in [1.29, 1.82) is 0 Å². The zero-order valence-corrected chi connectivity index (χ0v) is 11.7. The second-order valence-corrected chi connectivity index (χ2v) is 6.79. The molecule has 0 spiro atoms. The molecule has 1 saturated carbocycles. The minimum absolute atomic E-state index is 0.508. The van der Waals surface area contributed by atoms with Crippen LogP contribution in [0.2, 0.25) is 0 Å². The summed E-state index contributed by atoms with van der Waals surface area (Å²) in [4.78, 5) is 2.90. The molecule has 0 saturated heterocycles. The Hall–Kier alpha value is -0.340. The second-order valence-electron chi connectivity index (χ2n) is 5.32. The van der Waals surface area contributed by atoms with Gasteiger partial charge in [0.15, 0.2) is 0 Å². The SMILES string of the molecule is CCC1(CNC(C)c2cc(C)sc2C)CC1. The Morgan fingerprint density at radius 1 is 1.44 bits per heavy atom. The lowest BCUT2D eigenvalue weighted by atomic mass is 10.0. The molecular formula is C14H23NS. The number of thiophene rings is 1. The molecule has 0 radical (unpaired) electrons. The first-order valence-corrected chi connectivity index (χ1v) is 7.18. The van der Waals surface area contributed by atoms with Crippen molar-refractivity contribution in [3.63, 3.8) is 0 Å². The lowest BCUT2D eigenvalue weighted by molar-refractivity contribution is 0.415. The van der Waals surface area contributed by atoms with Crippen molar-refractivity contribution in [1.82, 2.24) is 5.32 Å². The van der Waals surface area contributed by atoms with Crippen LogP contribution in [-0.4, -0.2) is 6.54 Å². The van der Waals surface area contributed by atoms with Crippen LogP contribution in [0.15, 0.2) is 6.07 Å². The van der Waals surface area contributed by atoms with E-state index in [1.807, 2.05) is 11.3 Å². The molecule has 1 atom stereocenters. The van der Waals surface area contributed by atoms with Gasteiger partial charge >= 0.3 is 0 Å². The molecule has 1 nitrogen and oxygen atoms in total. The molecule has 0 bridgehead atoms. The first-order chi connectivity index (χ1) is 7.56. The fourth-order valence-corrected chi connectivity index (χ4v) is 3.41. The summed E-state index contributed by atoms with van der Waals surface area (Å²) in [6.07, 6.45) is 4.17. The van der Waals surface area contributed by atoms with Gasteiger partial charge in [-0.05, 0) is 57.1 Å². The summed E-state index contributed by atoms with van der Waals surface area (Å²) in [7, 11) is 0. The summed E-state index contributed by atoms with van der Waals surface area (Å²) in [5, 5.41) is 3.71. The molecule has 0 amide bonds. The fourth-order valence-electron chi connectivity index (χ4n) is 2.39. The highest BCUT2D eigenvalue weighted by Gasteiger charge is 2.40. The van der Waals surface area contributed by atoms with Crippen LogP contribution < -0.4 is 5.32 Å². The second kappa shape index (κ2) is 4.50. The summed E-state index contributed by atoms with van der Waals surface area (Å²) < 4.78 is 0. The van der Waals surface area contributed by atoms with E-state index >= 15 is 0 Å². The first-order valence-electron chi connectivity index (χ1n) is 6.37. The molecule has 16 heavy (non-hydrogen) atoms. The molecule has 2 heteroatoms. The highest BCUT2D eigenvalue weighted by Crippen LogP contribution is 2.48. The molecule has 0 aromatic carbocycles. The zero-order valence-electron chi connectivity index (χ0n) is 10.9. The van der Waals surface area contributed by atoms with Crippen LogP contribution in [0.5, 0.6) is 0 Å². The minimum Gasteiger partial charge on any atom is -0.310 e. The Morgan fingerprint density at radius 2 is 2.12 bits per heavy atom. The van der Waals surface area contributed by atoms with Crippen molar-refractivity contribution in [2.75, 3.05) is 6.54 Å². The minimum atomic E-state index is 0.508. The molecule has 1 aliphatic carbocycles. The molecule has 2 rings (SSSR count). The lowest BCUT2D eigenvalue weighted by Gasteiger charge is -2.19. The number of rotatable bonds is 5. The maximum atomic E-state index is 3.71. The molecule has 1 N–H and O–H groups in total. The predicted octanol–water partition coefficient (Wildman–Crippen LogP) is 4.21.